The van der Waals surface area contributed by atoms with Crippen LogP contribution in [0.4, 0.5) is 5.69 Å². The predicted octanol–water partition coefficient (Wildman–Crippen LogP) is 3.83. The van der Waals surface area contributed by atoms with E-state index in [-0.39, 0.29) is 29.1 Å². The van der Waals surface area contributed by atoms with E-state index in [4.69, 9.17) is 14.2 Å². The second-order valence-corrected chi connectivity index (χ2v) is 7.49. The number of nitrogens with one attached hydrogen (secondary N) is 1. The molecule has 0 aromatic heterocycles. The van der Waals surface area contributed by atoms with Crippen LogP contribution >= 0.6 is 0 Å². The van der Waals surface area contributed by atoms with Crippen LogP contribution in [0.2, 0.25) is 0 Å². The molecule has 0 unspecified atom stereocenters. The number of hydrogen-bond donors (Lipinski definition) is 1. The van der Waals surface area contributed by atoms with E-state index < -0.39 is 11.8 Å². The molecule has 0 saturated carbocycles. The van der Waals surface area contributed by atoms with E-state index >= 15 is 0 Å². The Morgan fingerprint density at radius 3 is 2.24 bits per heavy atom. The molecule has 1 N–H and O–H groups in total. The molecule has 0 bridgehead atoms. The lowest BCUT2D eigenvalue weighted by Crippen LogP contribution is -2.29. The van der Waals surface area contributed by atoms with Crippen LogP contribution in [0.1, 0.15) is 43.6 Å². The number of benzene rings is 3. The van der Waals surface area contributed by atoms with Crippen LogP contribution in [0.15, 0.2) is 60.7 Å². The number of hydrogen-bond acceptors (Lipinski definition) is 6. The first-order chi connectivity index (χ1) is 16.5. The maximum Gasteiger partial charge on any atom is 0.266 e. The molecule has 174 valence electrons. The summed E-state index contributed by atoms with van der Waals surface area (Å²) < 4.78 is 16.0. The van der Waals surface area contributed by atoms with Crippen molar-refractivity contribution >= 4 is 23.4 Å². The van der Waals surface area contributed by atoms with Crippen LogP contribution in [0.3, 0.4) is 0 Å². The van der Waals surface area contributed by atoms with Crippen LogP contribution in [0, 0.1) is 0 Å². The fourth-order valence-electron chi connectivity index (χ4n) is 3.77. The average Bonchev–Trinajstić information content (AvgIpc) is 3.12. The zero-order chi connectivity index (χ0) is 24.2. The zero-order valence-electron chi connectivity index (χ0n) is 19.1. The Bertz CT molecular complexity index is 1250. The van der Waals surface area contributed by atoms with E-state index in [0.717, 1.165) is 10.5 Å². The predicted molar refractivity (Wildman–Crippen MR) is 126 cm³/mol. The van der Waals surface area contributed by atoms with Gasteiger partial charge in [-0.3, -0.25) is 14.4 Å². The van der Waals surface area contributed by atoms with Gasteiger partial charge in [0.25, 0.3) is 17.7 Å². The Labute approximate surface area is 197 Å². The van der Waals surface area contributed by atoms with Crippen molar-refractivity contribution in [2.45, 2.75) is 13.5 Å². The van der Waals surface area contributed by atoms with Gasteiger partial charge in [-0.2, -0.15) is 0 Å². The monoisotopic (exact) mass is 460 g/mol. The highest BCUT2D eigenvalue weighted by atomic mass is 16.5. The van der Waals surface area contributed by atoms with Crippen molar-refractivity contribution in [1.29, 1.82) is 0 Å². The maximum atomic E-state index is 13.0. The third-order valence-electron chi connectivity index (χ3n) is 5.48. The molecule has 0 fully saturated rings. The number of anilines is 1. The fraction of sp³-hybridized carbons (Fsp3) is 0.192. The van der Waals surface area contributed by atoms with Crippen molar-refractivity contribution in [1.82, 2.24) is 5.32 Å². The summed E-state index contributed by atoms with van der Waals surface area (Å²) in [4.78, 5) is 39.8. The van der Waals surface area contributed by atoms with Gasteiger partial charge in [-0.25, -0.2) is 4.90 Å². The highest BCUT2D eigenvalue weighted by Crippen LogP contribution is 2.30. The van der Waals surface area contributed by atoms with Gasteiger partial charge in [0.2, 0.25) is 0 Å². The van der Waals surface area contributed by atoms with Gasteiger partial charge in [0.15, 0.2) is 0 Å². The molecule has 3 aromatic carbocycles. The van der Waals surface area contributed by atoms with E-state index in [2.05, 4.69) is 5.32 Å². The number of carbonyl (C=O) groups is 3. The van der Waals surface area contributed by atoms with Gasteiger partial charge in [0.1, 0.15) is 17.2 Å². The molecule has 1 aliphatic rings. The Balaban J connectivity index is 1.52. The molecule has 0 saturated heterocycles. The molecular formula is C26H24N2O6. The van der Waals surface area contributed by atoms with Crippen molar-refractivity contribution in [3.63, 3.8) is 0 Å². The number of amides is 3. The SMILES string of the molecule is CCOc1ccc(N2C(=O)c3ccc(C(=O)NCc4cc(OC)ccc4OC)cc3C2=O)cc1. The van der Waals surface area contributed by atoms with Crippen molar-refractivity contribution in [3.8, 4) is 17.2 Å². The lowest BCUT2D eigenvalue weighted by molar-refractivity contribution is 0.0923. The van der Waals surface area contributed by atoms with Gasteiger partial charge in [-0.15, -0.1) is 0 Å². The average molecular weight is 460 g/mol. The summed E-state index contributed by atoms with van der Waals surface area (Å²) in [6, 6.07) is 16.5. The lowest BCUT2D eigenvalue weighted by atomic mass is 10.1. The number of imide groups is 1. The highest BCUT2D eigenvalue weighted by Gasteiger charge is 2.37. The third kappa shape index (κ3) is 4.30. The number of methoxy groups -OCH3 is 2. The molecule has 0 aliphatic carbocycles. The van der Waals surface area contributed by atoms with Crippen molar-refractivity contribution in [3.05, 3.63) is 82.9 Å². The number of ether oxygens (including phenoxy) is 3. The summed E-state index contributed by atoms with van der Waals surface area (Å²) in [6.45, 7) is 2.59. The second kappa shape index (κ2) is 9.66. The lowest BCUT2D eigenvalue weighted by Gasteiger charge is -2.14. The van der Waals surface area contributed by atoms with Crippen molar-refractivity contribution in [2.75, 3.05) is 25.7 Å². The molecule has 0 radical (unpaired) electrons. The molecule has 34 heavy (non-hydrogen) atoms. The fourth-order valence-corrected chi connectivity index (χ4v) is 3.77. The summed E-state index contributed by atoms with van der Waals surface area (Å²) in [7, 11) is 3.11. The zero-order valence-corrected chi connectivity index (χ0v) is 19.1. The third-order valence-corrected chi connectivity index (χ3v) is 5.48. The summed E-state index contributed by atoms with van der Waals surface area (Å²) in [5.74, 6) is 0.607. The van der Waals surface area contributed by atoms with Gasteiger partial charge < -0.3 is 19.5 Å². The van der Waals surface area contributed by atoms with Crippen molar-refractivity contribution < 1.29 is 28.6 Å². The molecule has 1 heterocycles. The van der Waals surface area contributed by atoms with E-state index in [1.807, 2.05) is 6.92 Å². The Morgan fingerprint density at radius 2 is 1.56 bits per heavy atom. The van der Waals surface area contributed by atoms with Crippen LogP contribution in [0.5, 0.6) is 17.2 Å². The normalized spacial score (nSPS) is 12.4. The van der Waals surface area contributed by atoms with E-state index in [1.165, 1.54) is 18.2 Å². The van der Waals surface area contributed by atoms with Gasteiger partial charge in [-0.1, -0.05) is 0 Å². The molecule has 3 aromatic rings. The molecular weight excluding hydrogens is 436 g/mol. The Morgan fingerprint density at radius 1 is 0.853 bits per heavy atom. The first-order valence-corrected chi connectivity index (χ1v) is 10.7. The topological polar surface area (TPSA) is 94.2 Å². The van der Waals surface area contributed by atoms with Crippen molar-refractivity contribution in [2.24, 2.45) is 0 Å². The number of carbonyl (C=O) groups excluding carboxylic acids is 3. The minimum absolute atomic E-state index is 0.186. The van der Waals surface area contributed by atoms with Crippen LogP contribution in [-0.2, 0) is 6.54 Å². The van der Waals surface area contributed by atoms with Gasteiger partial charge >= 0.3 is 0 Å². The summed E-state index contributed by atoms with van der Waals surface area (Å²) in [5.41, 5.74) is 1.89. The second-order valence-electron chi connectivity index (χ2n) is 7.49. The largest absolute Gasteiger partial charge is 0.497 e. The number of nitrogens with zero attached hydrogens (tertiary/aromatic N) is 1. The van der Waals surface area contributed by atoms with Gasteiger partial charge in [0, 0.05) is 17.7 Å². The van der Waals surface area contributed by atoms with E-state index in [9.17, 15) is 14.4 Å². The molecule has 4 rings (SSSR count). The molecule has 1 aliphatic heterocycles. The standard InChI is InChI=1S/C26H24N2O6/c1-4-34-19-8-6-18(7-9-19)28-25(30)21-11-5-16(14-22(21)26(28)31)24(29)27-15-17-13-20(32-2)10-12-23(17)33-3/h5-14H,4,15H2,1-3H3,(H,27,29). The smallest absolute Gasteiger partial charge is 0.266 e. The molecule has 3 amide bonds. The summed E-state index contributed by atoms with van der Waals surface area (Å²) in [5, 5.41) is 2.82. The number of rotatable bonds is 8. The minimum Gasteiger partial charge on any atom is -0.497 e. The molecule has 0 atom stereocenters. The van der Waals surface area contributed by atoms with Crippen LogP contribution in [-0.4, -0.2) is 38.5 Å². The molecule has 0 spiro atoms. The minimum atomic E-state index is -0.478. The van der Waals surface area contributed by atoms with Crippen LogP contribution in [0.25, 0.3) is 0 Å². The summed E-state index contributed by atoms with van der Waals surface area (Å²) in [6.07, 6.45) is 0. The van der Waals surface area contributed by atoms with Gasteiger partial charge in [-0.05, 0) is 67.6 Å². The van der Waals surface area contributed by atoms with E-state index in [1.54, 1.807) is 56.7 Å². The molecule has 8 nitrogen and oxygen atoms in total. The first kappa shape index (κ1) is 22.8. The van der Waals surface area contributed by atoms with Crippen LogP contribution < -0.4 is 24.4 Å². The highest BCUT2D eigenvalue weighted by molar-refractivity contribution is 6.34. The first-order valence-electron chi connectivity index (χ1n) is 10.7. The Kier molecular flexibility index (Phi) is 6.49. The van der Waals surface area contributed by atoms with E-state index in [0.29, 0.717) is 29.5 Å². The van der Waals surface area contributed by atoms with Gasteiger partial charge in [0.05, 0.1) is 37.6 Å². The quantitative estimate of drug-likeness (QED) is 0.514. The Hall–Kier alpha value is -4.33. The summed E-state index contributed by atoms with van der Waals surface area (Å²) >= 11 is 0. The molecule has 8 heteroatoms. The maximum absolute atomic E-state index is 13.0. The number of fused-ring (bicyclic) bond motifs is 1.